The summed E-state index contributed by atoms with van der Waals surface area (Å²) >= 11 is 1.58. The average molecular weight is 566 g/mol. The van der Waals surface area contributed by atoms with Gasteiger partial charge >= 0.3 is 6.09 Å². The van der Waals surface area contributed by atoms with Crippen LogP contribution in [-0.4, -0.2) is 64.7 Å². The average Bonchev–Trinajstić information content (AvgIpc) is 2.87. The van der Waals surface area contributed by atoms with Crippen LogP contribution in [0.25, 0.3) is 0 Å². The largest absolute Gasteiger partial charge is 0.508 e. The maximum atomic E-state index is 14.1. The van der Waals surface area contributed by atoms with Crippen LogP contribution in [0.3, 0.4) is 0 Å². The third-order valence-corrected chi connectivity index (χ3v) is 6.88. The van der Waals surface area contributed by atoms with Crippen LogP contribution >= 0.6 is 11.8 Å². The number of carbonyl (C=O) groups is 3. The van der Waals surface area contributed by atoms with E-state index in [0.29, 0.717) is 30.8 Å². The first kappa shape index (κ1) is 34.6. The van der Waals surface area contributed by atoms with Gasteiger partial charge in [-0.3, -0.25) is 9.59 Å². The maximum Gasteiger partial charge on any atom is 0.408 e. The second-order valence-electron chi connectivity index (χ2n) is 10.9. The highest BCUT2D eigenvalue weighted by Gasteiger charge is 2.35. The standard InChI is InChI=1S/C30H51N3O5S/c1-7-9-11-12-14-21-33(28(36)25(19-22-39-6)32-29(37)38-30(3,4)5)26(23-15-17-24(34)18-16-23)27(35)31-20-13-10-8-2/h15-18,25-26,34H,7-14,19-22H2,1-6H3,(H,31,35)(H,32,37). The SMILES string of the molecule is CCCCCCCN(C(=O)C(CCSC)NC(=O)OC(C)(C)C)C(C(=O)NCCCCC)c1ccc(O)cc1. The van der Waals surface area contributed by atoms with Gasteiger partial charge in [-0.05, 0) is 69.7 Å². The van der Waals surface area contributed by atoms with Crippen LogP contribution < -0.4 is 10.6 Å². The van der Waals surface area contributed by atoms with Crippen molar-refractivity contribution in [2.24, 2.45) is 0 Å². The van der Waals surface area contributed by atoms with Gasteiger partial charge in [-0.25, -0.2) is 4.79 Å². The number of unbranched alkanes of at least 4 members (excludes halogenated alkanes) is 6. The Hall–Kier alpha value is -2.42. The molecule has 0 heterocycles. The number of hydrogen-bond acceptors (Lipinski definition) is 6. The number of nitrogens with zero attached hydrogens (tertiary/aromatic N) is 1. The minimum absolute atomic E-state index is 0.0859. The zero-order chi connectivity index (χ0) is 29.3. The Bertz CT molecular complexity index is 857. The van der Waals surface area contributed by atoms with Crippen molar-refractivity contribution in [2.45, 2.75) is 110 Å². The number of carbonyl (C=O) groups excluding carboxylic acids is 3. The van der Waals surface area contributed by atoms with Gasteiger partial charge in [0.1, 0.15) is 23.4 Å². The molecule has 9 heteroatoms. The number of nitrogens with one attached hydrogen (secondary N) is 2. The van der Waals surface area contributed by atoms with Crippen LogP contribution in [0.2, 0.25) is 0 Å². The van der Waals surface area contributed by atoms with Gasteiger partial charge in [0.2, 0.25) is 11.8 Å². The lowest BCUT2D eigenvalue weighted by Crippen LogP contribution is -2.53. The number of alkyl carbamates (subject to hydrolysis) is 1. The number of thioether (sulfide) groups is 1. The lowest BCUT2D eigenvalue weighted by Gasteiger charge is -2.34. The summed E-state index contributed by atoms with van der Waals surface area (Å²) < 4.78 is 5.45. The van der Waals surface area contributed by atoms with Crippen LogP contribution in [0, 0.1) is 0 Å². The predicted molar refractivity (Wildman–Crippen MR) is 160 cm³/mol. The smallest absolute Gasteiger partial charge is 0.408 e. The van der Waals surface area contributed by atoms with Gasteiger partial charge in [0.25, 0.3) is 0 Å². The van der Waals surface area contributed by atoms with Crippen LogP contribution in [-0.2, 0) is 14.3 Å². The first-order valence-corrected chi connectivity index (χ1v) is 15.8. The molecular formula is C30H51N3O5S. The Labute approximate surface area is 240 Å². The van der Waals surface area contributed by atoms with Gasteiger partial charge in [-0.15, -0.1) is 0 Å². The molecule has 1 aromatic carbocycles. The van der Waals surface area contributed by atoms with Crippen molar-refractivity contribution in [3.05, 3.63) is 29.8 Å². The van der Waals surface area contributed by atoms with Gasteiger partial charge < -0.3 is 25.4 Å². The van der Waals surface area contributed by atoms with Crippen molar-refractivity contribution in [1.82, 2.24) is 15.5 Å². The van der Waals surface area contributed by atoms with Crippen LogP contribution in [0.5, 0.6) is 5.75 Å². The van der Waals surface area contributed by atoms with E-state index in [1.165, 1.54) is 12.1 Å². The summed E-state index contributed by atoms with van der Waals surface area (Å²) in [5.41, 5.74) is -0.0908. The van der Waals surface area contributed by atoms with Gasteiger partial charge in [0.05, 0.1) is 0 Å². The van der Waals surface area contributed by atoms with E-state index in [1.54, 1.807) is 49.6 Å². The molecule has 0 saturated heterocycles. The molecule has 0 aliphatic heterocycles. The second-order valence-corrected chi connectivity index (χ2v) is 11.9. The molecule has 0 saturated carbocycles. The number of phenols is 1. The van der Waals surface area contributed by atoms with E-state index in [2.05, 4.69) is 24.5 Å². The quantitative estimate of drug-likeness (QED) is 0.183. The zero-order valence-electron chi connectivity index (χ0n) is 24.9. The molecule has 8 nitrogen and oxygen atoms in total. The molecule has 0 aliphatic rings. The molecule has 0 spiro atoms. The van der Waals surface area contributed by atoms with Crippen LogP contribution in [0.1, 0.15) is 104 Å². The monoisotopic (exact) mass is 565 g/mol. The van der Waals surface area contributed by atoms with E-state index in [9.17, 15) is 19.5 Å². The fraction of sp³-hybridized carbons (Fsp3) is 0.700. The molecule has 0 aromatic heterocycles. The molecule has 222 valence electrons. The first-order chi connectivity index (χ1) is 18.5. The van der Waals surface area contributed by atoms with E-state index < -0.39 is 23.8 Å². The Morgan fingerprint density at radius 3 is 2.18 bits per heavy atom. The highest BCUT2D eigenvalue weighted by molar-refractivity contribution is 7.98. The summed E-state index contributed by atoms with van der Waals surface area (Å²) in [6.45, 7) is 10.5. The summed E-state index contributed by atoms with van der Waals surface area (Å²) in [6, 6.07) is 4.70. The number of amides is 3. The minimum atomic E-state index is -0.886. The molecule has 3 amide bonds. The molecule has 0 aliphatic carbocycles. The molecule has 39 heavy (non-hydrogen) atoms. The number of phenolic OH excluding ortho intramolecular Hbond substituents is 1. The maximum absolute atomic E-state index is 14.1. The third-order valence-electron chi connectivity index (χ3n) is 6.23. The summed E-state index contributed by atoms with van der Waals surface area (Å²) in [5, 5.41) is 15.7. The number of hydrogen-bond donors (Lipinski definition) is 3. The number of rotatable bonds is 18. The number of ether oxygens (including phenoxy) is 1. The van der Waals surface area contributed by atoms with Crippen molar-refractivity contribution < 1.29 is 24.2 Å². The molecule has 3 N–H and O–H groups in total. The Kier molecular flexibility index (Phi) is 16.7. The molecule has 1 rings (SSSR count). The topological polar surface area (TPSA) is 108 Å². The van der Waals surface area contributed by atoms with Gasteiger partial charge in [0.15, 0.2) is 0 Å². The van der Waals surface area contributed by atoms with Crippen LogP contribution in [0.4, 0.5) is 4.79 Å². The summed E-state index contributed by atoms with van der Waals surface area (Å²) in [6.07, 6.45) is 9.54. The lowest BCUT2D eigenvalue weighted by molar-refractivity contribution is -0.142. The van der Waals surface area contributed by atoms with E-state index in [0.717, 1.165) is 51.4 Å². The third kappa shape index (κ3) is 14.0. The zero-order valence-corrected chi connectivity index (χ0v) is 25.7. The summed E-state index contributed by atoms with van der Waals surface area (Å²) in [4.78, 5) is 42.1. The van der Waals surface area contributed by atoms with E-state index >= 15 is 0 Å². The summed E-state index contributed by atoms with van der Waals surface area (Å²) in [7, 11) is 0. The Morgan fingerprint density at radius 2 is 1.59 bits per heavy atom. The summed E-state index contributed by atoms with van der Waals surface area (Å²) in [5.74, 6) is 0.165. The molecule has 0 fully saturated rings. The van der Waals surface area contributed by atoms with Crippen molar-refractivity contribution >= 4 is 29.7 Å². The first-order valence-electron chi connectivity index (χ1n) is 14.4. The van der Waals surface area contributed by atoms with Gasteiger partial charge in [-0.2, -0.15) is 11.8 Å². The Morgan fingerprint density at radius 1 is 0.974 bits per heavy atom. The normalized spacial score (nSPS) is 12.9. The fourth-order valence-electron chi connectivity index (χ4n) is 4.21. The van der Waals surface area contributed by atoms with E-state index in [1.807, 2.05) is 6.26 Å². The van der Waals surface area contributed by atoms with Crippen molar-refractivity contribution in [2.75, 3.05) is 25.1 Å². The number of benzene rings is 1. The second kappa shape index (κ2) is 18.8. The molecule has 1 aromatic rings. The predicted octanol–water partition coefficient (Wildman–Crippen LogP) is 6.19. The Balaban J connectivity index is 3.37. The van der Waals surface area contributed by atoms with Gasteiger partial charge in [-0.1, -0.05) is 64.5 Å². The van der Waals surface area contributed by atoms with Crippen LogP contribution in [0.15, 0.2) is 24.3 Å². The van der Waals surface area contributed by atoms with Gasteiger partial charge in [0, 0.05) is 13.1 Å². The van der Waals surface area contributed by atoms with Crippen molar-refractivity contribution in [1.29, 1.82) is 0 Å². The molecule has 0 bridgehead atoms. The highest BCUT2D eigenvalue weighted by atomic mass is 32.2. The number of aromatic hydroxyl groups is 1. The van der Waals surface area contributed by atoms with Crippen molar-refractivity contribution in [3.63, 3.8) is 0 Å². The molecule has 2 atom stereocenters. The molecular weight excluding hydrogens is 514 g/mol. The minimum Gasteiger partial charge on any atom is -0.508 e. The van der Waals surface area contributed by atoms with E-state index in [4.69, 9.17) is 4.74 Å². The van der Waals surface area contributed by atoms with Crippen molar-refractivity contribution in [3.8, 4) is 5.75 Å². The van der Waals surface area contributed by atoms with E-state index in [-0.39, 0.29) is 17.6 Å². The molecule has 0 radical (unpaired) electrons. The highest BCUT2D eigenvalue weighted by Crippen LogP contribution is 2.26. The lowest BCUT2D eigenvalue weighted by atomic mass is 10.0. The fourth-order valence-corrected chi connectivity index (χ4v) is 4.68. The molecule has 2 unspecified atom stereocenters.